The van der Waals surface area contributed by atoms with Gasteiger partial charge in [-0.2, -0.15) is 13.2 Å². The number of carbonyl (C=O) groups excluding carboxylic acids is 1. The Bertz CT molecular complexity index is 1100. The zero-order valence-electron chi connectivity index (χ0n) is 22.7. The third-order valence-electron chi connectivity index (χ3n) is 6.85. The number of aliphatic hydroxyl groups is 1. The standard InChI is InChI=1S/C28H39F3N2O4/c1-16(32-25(35)37-27(5,6)7)24(34)21-13-12-19-20(33-21)14-15-22(23(19)28(29,30)31)36-18-10-8-17(9-11-18)26(2,3)4/h12-18,24,34H,8-11H2,1-7H3,(H,32,35). The van der Waals surface area contributed by atoms with Gasteiger partial charge in [0.05, 0.1) is 23.4 Å². The summed E-state index contributed by atoms with van der Waals surface area (Å²) < 4.78 is 53.7. The van der Waals surface area contributed by atoms with Crippen molar-refractivity contribution in [1.29, 1.82) is 0 Å². The number of aliphatic hydroxyl groups excluding tert-OH is 1. The molecule has 1 aromatic heterocycles. The largest absolute Gasteiger partial charge is 0.490 e. The Morgan fingerprint density at radius 3 is 2.19 bits per heavy atom. The predicted octanol–water partition coefficient (Wildman–Crippen LogP) is 7.18. The number of aromatic nitrogens is 1. The first-order chi connectivity index (χ1) is 17.0. The van der Waals surface area contributed by atoms with Gasteiger partial charge < -0.3 is 19.9 Å². The molecule has 2 aromatic rings. The molecule has 9 heteroatoms. The molecule has 0 bridgehead atoms. The molecule has 1 heterocycles. The summed E-state index contributed by atoms with van der Waals surface area (Å²) in [5.74, 6) is 0.321. The van der Waals surface area contributed by atoms with E-state index in [0.29, 0.717) is 18.8 Å². The highest BCUT2D eigenvalue weighted by Crippen LogP contribution is 2.44. The van der Waals surface area contributed by atoms with Gasteiger partial charge in [-0.15, -0.1) is 0 Å². The summed E-state index contributed by atoms with van der Waals surface area (Å²) in [6.07, 6.45) is -3.62. The Kier molecular flexibility index (Phi) is 8.37. The van der Waals surface area contributed by atoms with Crippen molar-refractivity contribution in [2.24, 2.45) is 11.3 Å². The smallest absolute Gasteiger partial charge is 0.420 e. The summed E-state index contributed by atoms with van der Waals surface area (Å²) in [7, 11) is 0. The van der Waals surface area contributed by atoms with Crippen molar-refractivity contribution < 1.29 is 32.5 Å². The molecule has 0 saturated heterocycles. The van der Waals surface area contributed by atoms with Gasteiger partial charge in [-0.3, -0.25) is 0 Å². The molecule has 1 aromatic carbocycles. The molecule has 1 aliphatic carbocycles. The molecule has 2 atom stereocenters. The minimum absolute atomic E-state index is 0.0807. The van der Waals surface area contributed by atoms with Crippen LogP contribution in [0.2, 0.25) is 0 Å². The first-order valence-corrected chi connectivity index (χ1v) is 12.8. The van der Waals surface area contributed by atoms with Crippen LogP contribution in [-0.4, -0.2) is 33.9 Å². The van der Waals surface area contributed by atoms with Gasteiger partial charge in [-0.1, -0.05) is 26.8 Å². The number of alkyl carbamates (subject to hydrolysis) is 1. The Balaban J connectivity index is 1.82. The number of halogens is 3. The van der Waals surface area contributed by atoms with E-state index in [9.17, 15) is 23.1 Å². The Morgan fingerprint density at radius 2 is 1.65 bits per heavy atom. The fourth-order valence-corrected chi connectivity index (χ4v) is 4.81. The Morgan fingerprint density at radius 1 is 1.03 bits per heavy atom. The number of hydrogen-bond acceptors (Lipinski definition) is 5. The van der Waals surface area contributed by atoms with Crippen molar-refractivity contribution in [1.82, 2.24) is 10.3 Å². The topological polar surface area (TPSA) is 80.7 Å². The van der Waals surface area contributed by atoms with Gasteiger partial charge in [0.1, 0.15) is 23.0 Å². The van der Waals surface area contributed by atoms with E-state index in [1.807, 2.05) is 0 Å². The fraction of sp³-hybridized carbons (Fsp3) is 0.643. The van der Waals surface area contributed by atoms with Crippen LogP contribution >= 0.6 is 0 Å². The maximum atomic E-state index is 14.2. The van der Waals surface area contributed by atoms with E-state index in [2.05, 4.69) is 31.1 Å². The quantitative estimate of drug-likeness (QED) is 0.433. The number of rotatable bonds is 5. The van der Waals surface area contributed by atoms with Crippen LogP contribution in [0.1, 0.15) is 91.5 Å². The molecule has 1 fully saturated rings. The van der Waals surface area contributed by atoms with Gasteiger partial charge in [-0.25, -0.2) is 9.78 Å². The maximum absolute atomic E-state index is 14.2. The minimum Gasteiger partial charge on any atom is -0.490 e. The van der Waals surface area contributed by atoms with Crippen LogP contribution in [0.3, 0.4) is 0 Å². The van der Waals surface area contributed by atoms with E-state index in [4.69, 9.17) is 9.47 Å². The molecule has 0 radical (unpaired) electrons. The maximum Gasteiger partial charge on any atom is 0.420 e. The molecular weight excluding hydrogens is 485 g/mol. The highest BCUT2D eigenvalue weighted by atomic mass is 19.4. The van der Waals surface area contributed by atoms with E-state index in [-0.39, 0.29) is 33.9 Å². The van der Waals surface area contributed by atoms with Crippen molar-refractivity contribution >= 4 is 17.0 Å². The number of pyridine rings is 1. The highest BCUT2D eigenvalue weighted by molar-refractivity contribution is 5.85. The van der Waals surface area contributed by atoms with Crippen molar-refractivity contribution in [2.45, 2.75) is 104 Å². The number of hydrogen-bond donors (Lipinski definition) is 2. The van der Waals surface area contributed by atoms with Gasteiger partial charge >= 0.3 is 12.3 Å². The first kappa shape index (κ1) is 29.0. The van der Waals surface area contributed by atoms with E-state index < -0.39 is 35.6 Å². The molecule has 6 nitrogen and oxygen atoms in total. The number of fused-ring (bicyclic) bond motifs is 1. The SMILES string of the molecule is CC(NC(=O)OC(C)(C)C)C(O)c1ccc2c(C(F)(F)F)c(OC3CCC(C(C)(C)C)CC3)ccc2n1. The lowest BCUT2D eigenvalue weighted by molar-refractivity contribution is -0.138. The number of nitrogens with one attached hydrogen (secondary N) is 1. The Hall–Kier alpha value is -2.55. The molecule has 1 saturated carbocycles. The molecule has 1 amide bonds. The second-order valence-corrected chi connectivity index (χ2v) is 12.1. The molecule has 3 rings (SSSR count). The second-order valence-electron chi connectivity index (χ2n) is 12.1. The van der Waals surface area contributed by atoms with Crippen molar-refractivity contribution in [3.8, 4) is 5.75 Å². The van der Waals surface area contributed by atoms with Gasteiger partial charge in [0.15, 0.2) is 0 Å². The summed E-state index contributed by atoms with van der Waals surface area (Å²) in [6.45, 7) is 13.3. The van der Waals surface area contributed by atoms with Crippen molar-refractivity contribution in [2.75, 3.05) is 0 Å². The predicted molar refractivity (Wildman–Crippen MR) is 136 cm³/mol. The highest BCUT2D eigenvalue weighted by Gasteiger charge is 2.38. The van der Waals surface area contributed by atoms with Gasteiger partial charge in [0, 0.05) is 5.39 Å². The van der Waals surface area contributed by atoms with E-state index in [1.54, 1.807) is 27.7 Å². The zero-order chi connectivity index (χ0) is 27.8. The van der Waals surface area contributed by atoms with Crippen LogP contribution in [0.25, 0.3) is 10.9 Å². The Labute approximate surface area is 216 Å². The lowest BCUT2D eigenvalue weighted by Crippen LogP contribution is -2.40. The molecule has 206 valence electrons. The minimum atomic E-state index is -4.65. The summed E-state index contributed by atoms with van der Waals surface area (Å²) in [5.41, 5.74) is -1.19. The van der Waals surface area contributed by atoms with Crippen LogP contribution in [0, 0.1) is 11.3 Å². The molecule has 37 heavy (non-hydrogen) atoms. The lowest BCUT2D eigenvalue weighted by atomic mass is 9.72. The number of ether oxygens (including phenoxy) is 2. The number of carbonyl (C=O) groups is 1. The summed E-state index contributed by atoms with van der Waals surface area (Å²) >= 11 is 0. The monoisotopic (exact) mass is 524 g/mol. The molecule has 0 spiro atoms. The van der Waals surface area contributed by atoms with Gasteiger partial charge in [0.2, 0.25) is 0 Å². The normalized spacial score (nSPS) is 20.8. The second kappa shape index (κ2) is 10.7. The third kappa shape index (κ3) is 7.49. The summed E-state index contributed by atoms with van der Waals surface area (Å²) in [4.78, 5) is 16.3. The average Bonchev–Trinajstić information content (AvgIpc) is 2.75. The first-order valence-electron chi connectivity index (χ1n) is 12.8. The van der Waals surface area contributed by atoms with Crippen LogP contribution < -0.4 is 10.1 Å². The molecule has 1 aliphatic rings. The zero-order valence-corrected chi connectivity index (χ0v) is 22.7. The van der Waals surface area contributed by atoms with E-state index in [0.717, 1.165) is 12.8 Å². The third-order valence-corrected chi connectivity index (χ3v) is 6.85. The molecular formula is C28H39F3N2O4. The lowest BCUT2D eigenvalue weighted by Gasteiger charge is -2.37. The van der Waals surface area contributed by atoms with E-state index in [1.165, 1.54) is 24.3 Å². The van der Waals surface area contributed by atoms with Crippen LogP contribution in [-0.2, 0) is 10.9 Å². The van der Waals surface area contributed by atoms with Gasteiger partial charge in [0.25, 0.3) is 0 Å². The summed E-state index contributed by atoms with van der Waals surface area (Å²) in [6, 6.07) is 4.64. The van der Waals surface area contributed by atoms with Crippen LogP contribution in [0.4, 0.5) is 18.0 Å². The summed E-state index contributed by atoms with van der Waals surface area (Å²) in [5, 5.41) is 13.1. The van der Waals surface area contributed by atoms with Crippen molar-refractivity contribution in [3.05, 3.63) is 35.5 Å². The van der Waals surface area contributed by atoms with Gasteiger partial charge in [-0.05, 0) is 82.9 Å². The molecule has 2 unspecified atom stereocenters. The average molecular weight is 525 g/mol. The van der Waals surface area contributed by atoms with Crippen LogP contribution in [0.15, 0.2) is 24.3 Å². The number of amides is 1. The number of nitrogens with zero attached hydrogens (tertiary/aromatic N) is 1. The molecule has 2 N–H and O–H groups in total. The molecule has 0 aliphatic heterocycles. The fourth-order valence-electron chi connectivity index (χ4n) is 4.81. The van der Waals surface area contributed by atoms with Crippen molar-refractivity contribution in [3.63, 3.8) is 0 Å². The number of benzene rings is 1. The van der Waals surface area contributed by atoms with E-state index >= 15 is 0 Å². The van der Waals surface area contributed by atoms with Crippen LogP contribution in [0.5, 0.6) is 5.75 Å². The number of alkyl halides is 3.